The number of aromatic nitrogens is 1. The lowest BCUT2D eigenvalue weighted by Crippen LogP contribution is -2.46. The molecule has 7 heteroatoms. The molecule has 0 saturated carbocycles. The molecule has 31 heavy (non-hydrogen) atoms. The van der Waals surface area contributed by atoms with Gasteiger partial charge in [0.2, 0.25) is 10.0 Å². The van der Waals surface area contributed by atoms with E-state index >= 15 is 0 Å². The van der Waals surface area contributed by atoms with Gasteiger partial charge < -0.3 is 5.32 Å². The summed E-state index contributed by atoms with van der Waals surface area (Å²) in [6, 6.07) is 14.6. The van der Waals surface area contributed by atoms with Crippen LogP contribution in [0.5, 0.6) is 0 Å². The van der Waals surface area contributed by atoms with E-state index in [2.05, 4.69) is 10.3 Å². The van der Waals surface area contributed by atoms with Crippen molar-refractivity contribution in [1.29, 1.82) is 0 Å². The van der Waals surface area contributed by atoms with Crippen molar-refractivity contribution in [1.82, 2.24) is 14.6 Å². The van der Waals surface area contributed by atoms with Gasteiger partial charge in [-0.2, -0.15) is 4.31 Å². The summed E-state index contributed by atoms with van der Waals surface area (Å²) in [5, 5.41) is 3.94. The minimum Gasteiger partial charge on any atom is -0.349 e. The van der Waals surface area contributed by atoms with Gasteiger partial charge in [-0.1, -0.05) is 29.3 Å². The van der Waals surface area contributed by atoms with E-state index < -0.39 is 10.0 Å². The van der Waals surface area contributed by atoms with Crippen molar-refractivity contribution in [3.05, 3.63) is 70.9 Å². The standard InChI is InChI=1S/C24H27N3O3S/c1-16-4-7-20(8-5-16)31(29,30)27-12-10-19(11-13-27)26-24(28)22-15-18(3)25-23-9-6-17(2)14-21(22)23/h4-9,14-15,19H,10-13H2,1-3H3,(H,26,28). The Kier molecular flexibility index (Phi) is 5.81. The largest absolute Gasteiger partial charge is 0.349 e. The lowest BCUT2D eigenvalue weighted by Gasteiger charge is -2.31. The molecule has 1 aliphatic rings. The predicted molar refractivity (Wildman–Crippen MR) is 122 cm³/mol. The van der Waals surface area contributed by atoms with Gasteiger partial charge in [-0.3, -0.25) is 9.78 Å². The molecule has 0 bridgehead atoms. The van der Waals surface area contributed by atoms with E-state index in [0.29, 0.717) is 36.4 Å². The normalized spacial score (nSPS) is 15.8. The molecule has 0 atom stereocenters. The zero-order chi connectivity index (χ0) is 22.2. The van der Waals surface area contributed by atoms with Crippen LogP contribution in [-0.2, 0) is 10.0 Å². The second-order valence-corrected chi connectivity index (χ2v) is 10.2. The number of sulfonamides is 1. The van der Waals surface area contributed by atoms with Gasteiger partial charge in [0.15, 0.2) is 0 Å². The van der Waals surface area contributed by atoms with E-state index in [1.807, 2.05) is 57.2 Å². The number of amides is 1. The Morgan fingerprint density at radius 1 is 0.968 bits per heavy atom. The first-order valence-electron chi connectivity index (χ1n) is 10.5. The van der Waals surface area contributed by atoms with E-state index in [1.165, 1.54) is 4.31 Å². The molecular weight excluding hydrogens is 410 g/mol. The minimum atomic E-state index is -3.51. The molecule has 1 fully saturated rings. The molecule has 1 saturated heterocycles. The van der Waals surface area contributed by atoms with Crippen LogP contribution in [0.1, 0.15) is 40.0 Å². The van der Waals surface area contributed by atoms with Crippen LogP contribution in [0, 0.1) is 20.8 Å². The second-order valence-electron chi connectivity index (χ2n) is 8.30. The summed E-state index contributed by atoms with van der Waals surface area (Å²) >= 11 is 0. The molecule has 3 aromatic rings. The van der Waals surface area contributed by atoms with Gasteiger partial charge in [0.1, 0.15) is 0 Å². The molecule has 1 aliphatic heterocycles. The highest BCUT2D eigenvalue weighted by Crippen LogP contribution is 2.23. The van der Waals surface area contributed by atoms with Crippen LogP contribution in [0.2, 0.25) is 0 Å². The summed E-state index contributed by atoms with van der Waals surface area (Å²) < 4.78 is 27.3. The SMILES string of the molecule is Cc1ccc(S(=O)(=O)N2CCC(NC(=O)c3cc(C)nc4ccc(C)cc34)CC2)cc1. The fraction of sp³-hybridized carbons (Fsp3) is 0.333. The summed E-state index contributed by atoms with van der Waals surface area (Å²) in [6.45, 7) is 6.57. The van der Waals surface area contributed by atoms with Crippen LogP contribution >= 0.6 is 0 Å². The number of fused-ring (bicyclic) bond motifs is 1. The number of hydrogen-bond donors (Lipinski definition) is 1. The molecule has 2 heterocycles. The summed E-state index contributed by atoms with van der Waals surface area (Å²) in [7, 11) is -3.51. The van der Waals surface area contributed by atoms with Crippen LogP contribution in [0.3, 0.4) is 0 Å². The molecule has 0 aliphatic carbocycles. The quantitative estimate of drug-likeness (QED) is 0.674. The molecule has 1 amide bonds. The Balaban J connectivity index is 1.46. The van der Waals surface area contributed by atoms with Crippen molar-refractivity contribution in [2.24, 2.45) is 0 Å². The number of piperidine rings is 1. The van der Waals surface area contributed by atoms with Gasteiger partial charge in [-0.15, -0.1) is 0 Å². The molecule has 2 aromatic carbocycles. The number of nitrogens with one attached hydrogen (secondary N) is 1. The summed E-state index contributed by atoms with van der Waals surface area (Å²) in [5.74, 6) is -0.138. The fourth-order valence-corrected chi connectivity index (χ4v) is 5.49. The molecule has 0 unspecified atom stereocenters. The number of hydrogen-bond acceptors (Lipinski definition) is 4. The van der Waals surface area contributed by atoms with E-state index in [9.17, 15) is 13.2 Å². The molecule has 0 spiro atoms. The monoisotopic (exact) mass is 437 g/mol. The van der Waals surface area contributed by atoms with E-state index in [-0.39, 0.29) is 11.9 Å². The van der Waals surface area contributed by atoms with Gasteiger partial charge in [0.05, 0.1) is 16.0 Å². The molecular formula is C24H27N3O3S. The first-order valence-corrected chi connectivity index (χ1v) is 11.9. The molecule has 4 rings (SSSR count). The summed E-state index contributed by atoms with van der Waals surface area (Å²) in [5.41, 5.74) is 4.30. The van der Waals surface area contributed by atoms with E-state index in [1.54, 1.807) is 12.1 Å². The Hall–Kier alpha value is -2.77. The predicted octanol–water partition coefficient (Wildman–Crippen LogP) is 3.74. The van der Waals surface area contributed by atoms with E-state index in [4.69, 9.17) is 0 Å². The molecule has 162 valence electrons. The Morgan fingerprint density at radius 2 is 1.61 bits per heavy atom. The number of carbonyl (C=O) groups excluding carboxylic acids is 1. The number of pyridine rings is 1. The average Bonchev–Trinajstić information content (AvgIpc) is 2.74. The first-order chi connectivity index (χ1) is 14.7. The van der Waals surface area contributed by atoms with Gasteiger partial charge in [-0.25, -0.2) is 8.42 Å². The number of carbonyl (C=O) groups is 1. The maximum Gasteiger partial charge on any atom is 0.252 e. The van der Waals surface area contributed by atoms with Crippen molar-refractivity contribution in [2.45, 2.75) is 44.6 Å². The minimum absolute atomic E-state index is 0.0645. The summed E-state index contributed by atoms with van der Waals surface area (Å²) in [4.78, 5) is 17.9. The lowest BCUT2D eigenvalue weighted by atomic mass is 10.0. The molecule has 0 radical (unpaired) electrons. The van der Waals surface area contributed by atoms with Gasteiger partial charge >= 0.3 is 0 Å². The highest BCUT2D eigenvalue weighted by molar-refractivity contribution is 7.89. The number of rotatable bonds is 4. The number of benzene rings is 2. The van der Waals surface area contributed by atoms with Crippen LogP contribution in [0.4, 0.5) is 0 Å². The zero-order valence-electron chi connectivity index (χ0n) is 18.1. The third kappa shape index (κ3) is 4.48. The fourth-order valence-electron chi connectivity index (χ4n) is 4.02. The smallest absolute Gasteiger partial charge is 0.252 e. The average molecular weight is 438 g/mol. The zero-order valence-corrected chi connectivity index (χ0v) is 18.9. The Bertz CT molecular complexity index is 1230. The Morgan fingerprint density at radius 3 is 2.29 bits per heavy atom. The van der Waals surface area contributed by atoms with Gasteiger partial charge in [-0.05, 0) is 63.9 Å². The maximum absolute atomic E-state index is 13.1. The van der Waals surface area contributed by atoms with Crippen molar-refractivity contribution in [2.75, 3.05) is 13.1 Å². The van der Waals surface area contributed by atoms with E-state index in [0.717, 1.165) is 27.7 Å². The Labute approximate surface area is 183 Å². The summed E-state index contributed by atoms with van der Waals surface area (Å²) in [6.07, 6.45) is 1.16. The number of aryl methyl sites for hydroxylation is 3. The molecule has 6 nitrogen and oxygen atoms in total. The maximum atomic E-state index is 13.1. The first kappa shape index (κ1) is 21.5. The van der Waals surface area contributed by atoms with Crippen LogP contribution in [0.15, 0.2) is 53.4 Å². The van der Waals surface area contributed by atoms with Crippen LogP contribution in [0.25, 0.3) is 10.9 Å². The molecule has 1 aromatic heterocycles. The highest BCUT2D eigenvalue weighted by Gasteiger charge is 2.30. The number of nitrogens with zero attached hydrogens (tertiary/aromatic N) is 2. The third-order valence-corrected chi connectivity index (χ3v) is 7.70. The molecule has 1 N–H and O–H groups in total. The van der Waals surface area contributed by atoms with Crippen molar-refractivity contribution in [3.8, 4) is 0 Å². The lowest BCUT2D eigenvalue weighted by molar-refractivity contribution is 0.0925. The highest BCUT2D eigenvalue weighted by atomic mass is 32.2. The van der Waals surface area contributed by atoms with Crippen molar-refractivity contribution in [3.63, 3.8) is 0 Å². The van der Waals surface area contributed by atoms with Crippen molar-refractivity contribution < 1.29 is 13.2 Å². The van der Waals surface area contributed by atoms with Gasteiger partial charge in [0, 0.05) is 30.2 Å². The van der Waals surface area contributed by atoms with Gasteiger partial charge in [0.25, 0.3) is 5.91 Å². The van der Waals surface area contributed by atoms with Crippen LogP contribution < -0.4 is 5.32 Å². The topological polar surface area (TPSA) is 79.4 Å². The van der Waals surface area contributed by atoms with Crippen LogP contribution in [-0.4, -0.2) is 42.7 Å². The second kappa shape index (κ2) is 8.40. The third-order valence-electron chi connectivity index (χ3n) is 5.78. The van der Waals surface area contributed by atoms with Crippen molar-refractivity contribution >= 4 is 26.8 Å².